The number of hydrogen-bond acceptors (Lipinski definition) is 4. The average Bonchev–Trinajstić information content (AvgIpc) is 2.67. The number of sulfonamides is 1. The number of ether oxygens (including phenoxy) is 1. The van der Waals surface area contributed by atoms with E-state index in [9.17, 15) is 13.2 Å². The summed E-state index contributed by atoms with van der Waals surface area (Å²) in [6.07, 6.45) is 0. The highest BCUT2D eigenvalue weighted by Crippen LogP contribution is 2.16. The molecular formula is C19H24N2O4S. The number of benzene rings is 2. The van der Waals surface area contributed by atoms with Crippen LogP contribution in [0.1, 0.15) is 29.8 Å². The fourth-order valence-electron chi connectivity index (χ4n) is 2.52. The third-order valence-electron chi connectivity index (χ3n) is 4.07. The molecule has 0 aliphatic rings. The summed E-state index contributed by atoms with van der Waals surface area (Å²) in [7, 11) is -1.92. The van der Waals surface area contributed by atoms with Gasteiger partial charge in [-0.25, -0.2) is 8.42 Å². The summed E-state index contributed by atoms with van der Waals surface area (Å²) in [4.78, 5) is 12.4. The van der Waals surface area contributed by atoms with Gasteiger partial charge in [-0.05, 0) is 42.0 Å². The predicted octanol–water partition coefficient (Wildman–Crippen LogP) is 2.66. The fourth-order valence-corrected chi connectivity index (χ4v) is 3.98. The molecule has 0 aliphatic carbocycles. The van der Waals surface area contributed by atoms with Gasteiger partial charge in [0, 0.05) is 25.2 Å². The van der Waals surface area contributed by atoms with Gasteiger partial charge in [-0.2, -0.15) is 4.31 Å². The van der Waals surface area contributed by atoms with Crippen LogP contribution in [0.5, 0.6) is 5.75 Å². The van der Waals surface area contributed by atoms with Gasteiger partial charge in [0.2, 0.25) is 10.0 Å². The standard InChI is InChI=1S/C19H24N2O4S/c1-4-21(5-2)26(23,24)18-12-8-16(9-13-18)19(22)20-14-15-6-10-17(25-3)11-7-15/h6-13H,4-5,14H2,1-3H3,(H,20,22). The molecule has 0 aromatic heterocycles. The van der Waals surface area contributed by atoms with Crippen molar-refractivity contribution in [2.45, 2.75) is 25.3 Å². The normalized spacial score (nSPS) is 11.4. The van der Waals surface area contributed by atoms with Gasteiger partial charge in [-0.15, -0.1) is 0 Å². The SMILES string of the molecule is CCN(CC)S(=O)(=O)c1ccc(C(=O)NCc2ccc(OC)cc2)cc1. The van der Waals surface area contributed by atoms with Gasteiger partial charge in [0.05, 0.1) is 12.0 Å². The lowest BCUT2D eigenvalue weighted by Gasteiger charge is -2.18. The van der Waals surface area contributed by atoms with Crippen LogP contribution in [0.4, 0.5) is 0 Å². The van der Waals surface area contributed by atoms with Gasteiger partial charge >= 0.3 is 0 Å². The Balaban J connectivity index is 2.04. The van der Waals surface area contributed by atoms with Crippen molar-refractivity contribution in [3.63, 3.8) is 0 Å². The summed E-state index contributed by atoms with van der Waals surface area (Å²) in [6.45, 7) is 4.78. The van der Waals surface area contributed by atoms with Gasteiger partial charge in [-0.3, -0.25) is 4.79 Å². The Morgan fingerprint density at radius 3 is 2.08 bits per heavy atom. The summed E-state index contributed by atoms with van der Waals surface area (Å²) in [5.41, 5.74) is 1.36. The maximum absolute atomic E-state index is 12.5. The molecule has 26 heavy (non-hydrogen) atoms. The molecular weight excluding hydrogens is 352 g/mol. The Hall–Kier alpha value is -2.38. The molecule has 0 atom stereocenters. The molecule has 2 aromatic carbocycles. The van der Waals surface area contributed by atoms with Crippen LogP contribution in [0, 0.1) is 0 Å². The Kier molecular flexibility index (Phi) is 6.76. The first kappa shape index (κ1) is 19.9. The summed E-state index contributed by atoms with van der Waals surface area (Å²) >= 11 is 0. The van der Waals surface area contributed by atoms with Crippen molar-refractivity contribution in [3.05, 3.63) is 59.7 Å². The Labute approximate surface area is 154 Å². The smallest absolute Gasteiger partial charge is 0.251 e. The molecule has 7 heteroatoms. The van der Waals surface area contributed by atoms with Crippen LogP contribution in [0.3, 0.4) is 0 Å². The average molecular weight is 376 g/mol. The molecule has 0 spiro atoms. The lowest BCUT2D eigenvalue weighted by Crippen LogP contribution is -2.30. The molecule has 0 bridgehead atoms. The van der Waals surface area contributed by atoms with Crippen molar-refractivity contribution in [1.82, 2.24) is 9.62 Å². The van der Waals surface area contributed by atoms with Crippen molar-refractivity contribution in [1.29, 1.82) is 0 Å². The van der Waals surface area contributed by atoms with E-state index in [1.807, 2.05) is 24.3 Å². The monoisotopic (exact) mass is 376 g/mol. The highest BCUT2D eigenvalue weighted by atomic mass is 32.2. The lowest BCUT2D eigenvalue weighted by molar-refractivity contribution is 0.0951. The van der Waals surface area contributed by atoms with E-state index in [-0.39, 0.29) is 10.8 Å². The first-order valence-corrected chi connectivity index (χ1v) is 9.87. The summed E-state index contributed by atoms with van der Waals surface area (Å²) in [6, 6.07) is 13.4. The van der Waals surface area contributed by atoms with Crippen molar-refractivity contribution in [2.24, 2.45) is 0 Å². The molecule has 1 N–H and O–H groups in total. The third kappa shape index (κ3) is 4.62. The minimum absolute atomic E-state index is 0.188. The molecule has 0 aliphatic heterocycles. The number of carbonyl (C=O) groups excluding carboxylic acids is 1. The van der Waals surface area contributed by atoms with Crippen LogP contribution in [0.2, 0.25) is 0 Å². The lowest BCUT2D eigenvalue weighted by atomic mass is 10.2. The first-order valence-electron chi connectivity index (χ1n) is 8.43. The minimum Gasteiger partial charge on any atom is -0.497 e. The zero-order valence-electron chi connectivity index (χ0n) is 15.2. The van der Waals surface area contributed by atoms with Gasteiger partial charge in [0.1, 0.15) is 5.75 Å². The van der Waals surface area contributed by atoms with Crippen LogP contribution < -0.4 is 10.1 Å². The minimum atomic E-state index is -3.52. The second kappa shape index (κ2) is 8.82. The van der Waals surface area contributed by atoms with E-state index < -0.39 is 10.0 Å². The van der Waals surface area contributed by atoms with Crippen molar-refractivity contribution in [2.75, 3.05) is 20.2 Å². The third-order valence-corrected chi connectivity index (χ3v) is 6.14. The van der Waals surface area contributed by atoms with Crippen LogP contribution in [-0.4, -0.2) is 38.8 Å². The predicted molar refractivity (Wildman–Crippen MR) is 101 cm³/mol. The van der Waals surface area contributed by atoms with Crippen molar-refractivity contribution < 1.29 is 17.9 Å². The molecule has 0 saturated heterocycles. The number of nitrogens with one attached hydrogen (secondary N) is 1. The summed E-state index contributed by atoms with van der Waals surface area (Å²) < 4.78 is 31.4. The Morgan fingerprint density at radius 1 is 1.00 bits per heavy atom. The molecule has 6 nitrogen and oxygen atoms in total. The van der Waals surface area contributed by atoms with E-state index >= 15 is 0 Å². The summed E-state index contributed by atoms with van der Waals surface area (Å²) in [5, 5.41) is 2.82. The second-order valence-electron chi connectivity index (χ2n) is 5.64. The molecule has 0 heterocycles. The quantitative estimate of drug-likeness (QED) is 0.768. The van der Waals surface area contributed by atoms with E-state index in [2.05, 4.69) is 5.32 Å². The van der Waals surface area contributed by atoms with E-state index in [1.54, 1.807) is 21.0 Å². The fraction of sp³-hybridized carbons (Fsp3) is 0.316. The molecule has 0 unspecified atom stereocenters. The number of nitrogens with zero attached hydrogens (tertiary/aromatic N) is 1. The molecule has 2 rings (SSSR count). The molecule has 0 radical (unpaired) electrons. The molecule has 0 fully saturated rings. The van der Waals surface area contributed by atoms with Crippen LogP contribution in [0.25, 0.3) is 0 Å². The molecule has 1 amide bonds. The van der Waals surface area contributed by atoms with Gasteiger partial charge in [0.25, 0.3) is 5.91 Å². The summed E-state index contributed by atoms with van der Waals surface area (Å²) in [5.74, 6) is 0.498. The van der Waals surface area contributed by atoms with Crippen LogP contribution >= 0.6 is 0 Å². The highest BCUT2D eigenvalue weighted by molar-refractivity contribution is 7.89. The van der Waals surface area contributed by atoms with E-state index in [0.717, 1.165) is 11.3 Å². The number of amides is 1. The van der Waals surface area contributed by atoms with E-state index in [1.165, 1.54) is 28.6 Å². The first-order chi connectivity index (χ1) is 12.4. The van der Waals surface area contributed by atoms with Crippen molar-refractivity contribution in [3.8, 4) is 5.75 Å². The van der Waals surface area contributed by atoms with Crippen LogP contribution in [0.15, 0.2) is 53.4 Å². The van der Waals surface area contributed by atoms with Gasteiger partial charge in [-0.1, -0.05) is 26.0 Å². The zero-order valence-corrected chi connectivity index (χ0v) is 16.0. The zero-order chi connectivity index (χ0) is 19.2. The second-order valence-corrected chi connectivity index (χ2v) is 7.58. The van der Waals surface area contributed by atoms with Gasteiger partial charge < -0.3 is 10.1 Å². The molecule has 0 saturated carbocycles. The van der Waals surface area contributed by atoms with E-state index in [4.69, 9.17) is 4.74 Å². The Morgan fingerprint density at radius 2 is 1.58 bits per heavy atom. The largest absolute Gasteiger partial charge is 0.497 e. The topological polar surface area (TPSA) is 75.7 Å². The van der Waals surface area contributed by atoms with E-state index in [0.29, 0.717) is 25.2 Å². The number of rotatable bonds is 8. The number of hydrogen-bond donors (Lipinski definition) is 1. The Bertz CT molecular complexity index is 827. The number of carbonyl (C=O) groups is 1. The molecule has 2 aromatic rings. The van der Waals surface area contributed by atoms with Gasteiger partial charge in [0.15, 0.2) is 0 Å². The maximum atomic E-state index is 12.5. The molecule has 140 valence electrons. The number of methoxy groups -OCH3 is 1. The van der Waals surface area contributed by atoms with Crippen LogP contribution in [-0.2, 0) is 16.6 Å². The maximum Gasteiger partial charge on any atom is 0.251 e. The van der Waals surface area contributed by atoms with Crippen molar-refractivity contribution >= 4 is 15.9 Å². The highest BCUT2D eigenvalue weighted by Gasteiger charge is 2.21.